The molecule has 0 spiro atoms. The average Bonchev–Trinajstić information content (AvgIpc) is 3.26. The topological polar surface area (TPSA) is 81.4 Å². The lowest BCUT2D eigenvalue weighted by molar-refractivity contribution is -0.150. The molecule has 3 aromatic rings. The van der Waals surface area contributed by atoms with Crippen LogP contribution in [0.1, 0.15) is 17.7 Å². The smallest absolute Gasteiger partial charge is 0.331 e. The molecule has 1 atom stereocenters. The van der Waals surface area contributed by atoms with Crippen molar-refractivity contribution in [2.24, 2.45) is 0 Å². The van der Waals surface area contributed by atoms with E-state index in [-0.39, 0.29) is 6.54 Å². The summed E-state index contributed by atoms with van der Waals surface area (Å²) < 4.78 is 11.2. The van der Waals surface area contributed by atoms with Crippen molar-refractivity contribution in [1.29, 1.82) is 0 Å². The SMILES string of the molecule is C[C@@H](OC(=O)/C=C/c1nc2ccccc2s1)C(=O)NCc1ccco1. The van der Waals surface area contributed by atoms with Gasteiger partial charge in [-0.1, -0.05) is 12.1 Å². The maximum absolute atomic E-state index is 11.9. The van der Waals surface area contributed by atoms with Gasteiger partial charge in [0, 0.05) is 6.08 Å². The lowest BCUT2D eigenvalue weighted by atomic mass is 10.3. The summed E-state index contributed by atoms with van der Waals surface area (Å²) in [6, 6.07) is 11.2. The number of para-hydroxylation sites is 1. The summed E-state index contributed by atoms with van der Waals surface area (Å²) >= 11 is 1.48. The Bertz CT molecular complexity index is 866. The third-order valence-corrected chi connectivity index (χ3v) is 4.35. The number of furan rings is 1. The molecule has 3 rings (SSSR count). The van der Waals surface area contributed by atoms with E-state index in [9.17, 15) is 9.59 Å². The third-order valence-electron chi connectivity index (χ3n) is 3.35. The summed E-state index contributed by atoms with van der Waals surface area (Å²) in [6.45, 7) is 1.76. The predicted octanol–water partition coefficient (Wildman–Crippen LogP) is 3.15. The number of hydrogen-bond donors (Lipinski definition) is 1. The average molecular weight is 356 g/mol. The fraction of sp³-hybridized carbons (Fsp3) is 0.167. The molecule has 1 N–H and O–H groups in total. The summed E-state index contributed by atoms with van der Waals surface area (Å²) in [7, 11) is 0. The first-order chi connectivity index (χ1) is 12.1. The van der Waals surface area contributed by atoms with Crippen LogP contribution in [-0.4, -0.2) is 23.0 Å². The van der Waals surface area contributed by atoms with Gasteiger partial charge in [0.05, 0.1) is 23.0 Å². The van der Waals surface area contributed by atoms with Crippen LogP contribution < -0.4 is 5.32 Å². The summed E-state index contributed by atoms with van der Waals surface area (Å²) in [6.07, 6.45) is 3.48. The van der Waals surface area contributed by atoms with Gasteiger partial charge in [0.1, 0.15) is 10.8 Å². The molecule has 0 bridgehead atoms. The Balaban J connectivity index is 1.51. The summed E-state index contributed by atoms with van der Waals surface area (Å²) in [5.41, 5.74) is 0.881. The third kappa shape index (κ3) is 4.54. The number of rotatable bonds is 6. The van der Waals surface area contributed by atoms with Crippen LogP contribution in [-0.2, 0) is 20.9 Å². The van der Waals surface area contributed by atoms with Crippen LogP contribution in [0.15, 0.2) is 53.2 Å². The van der Waals surface area contributed by atoms with Crippen LogP contribution >= 0.6 is 11.3 Å². The van der Waals surface area contributed by atoms with Crippen molar-refractivity contribution in [2.75, 3.05) is 0 Å². The van der Waals surface area contributed by atoms with E-state index < -0.39 is 18.0 Å². The molecule has 1 aromatic carbocycles. The molecule has 0 saturated heterocycles. The first kappa shape index (κ1) is 16.9. The second-order valence-electron chi connectivity index (χ2n) is 5.23. The number of benzene rings is 1. The number of hydrogen-bond acceptors (Lipinski definition) is 6. The van der Waals surface area contributed by atoms with Gasteiger partial charge in [0.2, 0.25) is 0 Å². The van der Waals surface area contributed by atoms with Crippen molar-refractivity contribution in [3.05, 3.63) is 59.5 Å². The number of thiazole rings is 1. The summed E-state index contributed by atoms with van der Waals surface area (Å²) in [5.74, 6) is -0.361. The van der Waals surface area contributed by atoms with Crippen LogP contribution in [0.2, 0.25) is 0 Å². The molecule has 128 valence electrons. The largest absolute Gasteiger partial charge is 0.467 e. The molecule has 25 heavy (non-hydrogen) atoms. The highest BCUT2D eigenvalue weighted by Crippen LogP contribution is 2.22. The fourth-order valence-corrected chi connectivity index (χ4v) is 2.97. The Hall–Kier alpha value is -2.93. The Kier molecular flexibility index (Phi) is 5.25. The van der Waals surface area contributed by atoms with E-state index in [2.05, 4.69) is 10.3 Å². The van der Waals surface area contributed by atoms with Crippen LogP contribution in [0, 0.1) is 0 Å². The molecule has 1 amide bonds. The number of nitrogens with zero attached hydrogens (tertiary/aromatic N) is 1. The molecule has 0 saturated carbocycles. The van der Waals surface area contributed by atoms with E-state index >= 15 is 0 Å². The zero-order valence-electron chi connectivity index (χ0n) is 13.5. The van der Waals surface area contributed by atoms with Gasteiger partial charge in [-0.2, -0.15) is 0 Å². The molecule has 0 aliphatic carbocycles. The zero-order chi connectivity index (χ0) is 17.6. The lowest BCUT2D eigenvalue weighted by Crippen LogP contribution is -2.35. The fourth-order valence-electron chi connectivity index (χ4n) is 2.10. The minimum absolute atomic E-state index is 0.245. The number of nitrogens with one attached hydrogen (secondary N) is 1. The lowest BCUT2D eigenvalue weighted by Gasteiger charge is -2.11. The van der Waals surface area contributed by atoms with Gasteiger partial charge >= 0.3 is 5.97 Å². The van der Waals surface area contributed by atoms with Crippen LogP contribution in [0.25, 0.3) is 16.3 Å². The molecule has 2 heterocycles. The first-order valence-corrected chi connectivity index (χ1v) is 8.48. The highest BCUT2D eigenvalue weighted by molar-refractivity contribution is 7.19. The van der Waals surface area contributed by atoms with E-state index in [0.717, 1.165) is 10.2 Å². The molecule has 7 heteroatoms. The van der Waals surface area contributed by atoms with E-state index in [1.54, 1.807) is 18.2 Å². The summed E-state index contributed by atoms with van der Waals surface area (Å²) in [4.78, 5) is 28.1. The van der Waals surface area contributed by atoms with E-state index in [4.69, 9.17) is 9.15 Å². The number of aromatic nitrogens is 1. The van der Waals surface area contributed by atoms with Gasteiger partial charge < -0.3 is 14.5 Å². The highest BCUT2D eigenvalue weighted by Gasteiger charge is 2.16. The van der Waals surface area contributed by atoms with Gasteiger partial charge in [0.15, 0.2) is 6.10 Å². The Morgan fingerprint density at radius 3 is 2.92 bits per heavy atom. The number of amides is 1. The normalized spacial score (nSPS) is 12.4. The van der Waals surface area contributed by atoms with Gasteiger partial charge in [-0.15, -0.1) is 11.3 Å². The van der Waals surface area contributed by atoms with Gasteiger partial charge in [0.25, 0.3) is 5.91 Å². The van der Waals surface area contributed by atoms with Crippen molar-refractivity contribution in [1.82, 2.24) is 10.3 Å². The maximum atomic E-state index is 11.9. The van der Waals surface area contributed by atoms with E-state index in [1.165, 1.54) is 30.6 Å². The molecule has 0 aliphatic heterocycles. The van der Waals surface area contributed by atoms with Gasteiger partial charge in [-0.05, 0) is 37.3 Å². The first-order valence-electron chi connectivity index (χ1n) is 7.66. The monoisotopic (exact) mass is 356 g/mol. The van der Waals surface area contributed by atoms with Crippen molar-refractivity contribution >= 4 is 39.5 Å². The molecule has 6 nitrogen and oxygen atoms in total. The molecule has 0 aliphatic rings. The second-order valence-corrected chi connectivity index (χ2v) is 6.29. The number of fused-ring (bicyclic) bond motifs is 1. The number of carbonyl (C=O) groups is 2. The van der Waals surface area contributed by atoms with Gasteiger partial charge in [-0.25, -0.2) is 9.78 Å². The Morgan fingerprint density at radius 2 is 2.16 bits per heavy atom. The summed E-state index contributed by atoms with van der Waals surface area (Å²) in [5, 5.41) is 3.34. The highest BCUT2D eigenvalue weighted by atomic mass is 32.1. The van der Waals surface area contributed by atoms with Crippen molar-refractivity contribution in [3.63, 3.8) is 0 Å². The molecule has 2 aromatic heterocycles. The second kappa shape index (κ2) is 7.76. The molecular weight excluding hydrogens is 340 g/mol. The number of ether oxygens (including phenoxy) is 1. The van der Waals surface area contributed by atoms with Crippen molar-refractivity contribution in [2.45, 2.75) is 19.6 Å². The van der Waals surface area contributed by atoms with Crippen LogP contribution in [0.4, 0.5) is 0 Å². The van der Waals surface area contributed by atoms with E-state index in [1.807, 2.05) is 24.3 Å². The number of carbonyl (C=O) groups excluding carboxylic acids is 2. The van der Waals surface area contributed by atoms with Crippen LogP contribution in [0.5, 0.6) is 0 Å². The Morgan fingerprint density at radius 1 is 1.32 bits per heavy atom. The van der Waals surface area contributed by atoms with Crippen LogP contribution in [0.3, 0.4) is 0 Å². The minimum Gasteiger partial charge on any atom is -0.467 e. The maximum Gasteiger partial charge on any atom is 0.331 e. The predicted molar refractivity (Wildman–Crippen MR) is 94.8 cm³/mol. The van der Waals surface area contributed by atoms with Crippen molar-refractivity contribution in [3.8, 4) is 0 Å². The van der Waals surface area contributed by atoms with Gasteiger partial charge in [-0.3, -0.25) is 4.79 Å². The standard InChI is InChI=1S/C18H16N2O4S/c1-12(18(22)19-11-13-5-4-10-23-13)24-17(21)9-8-16-20-14-6-2-3-7-15(14)25-16/h2-10,12H,11H2,1H3,(H,19,22)/b9-8+/t12-/m1/s1. The quantitative estimate of drug-likeness (QED) is 0.542. The van der Waals surface area contributed by atoms with E-state index in [0.29, 0.717) is 10.8 Å². The zero-order valence-corrected chi connectivity index (χ0v) is 14.3. The molecule has 0 unspecified atom stereocenters. The minimum atomic E-state index is -0.900. The molecule has 0 radical (unpaired) electrons. The Labute approximate surface area is 148 Å². The van der Waals surface area contributed by atoms with Crippen molar-refractivity contribution < 1.29 is 18.7 Å². The molecular formula is C18H16N2O4S. The number of esters is 1. The molecule has 0 fully saturated rings.